The van der Waals surface area contributed by atoms with E-state index < -0.39 is 23.2 Å². The number of hydrogen-bond donors (Lipinski definition) is 5. The number of halogens is 1. The van der Waals surface area contributed by atoms with E-state index >= 15 is 0 Å². The summed E-state index contributed by atoms with van der Waals surface area (Å²) in [6.45, 7) is 14.0. The van der Waals surface area contributed by atoms with Gasteiger partial charge in [-0.25, -0.2) is 5.53 Å². The number of phenols is 1. The molecule has 12 nitrogen and oxygen atoms in total. The SMILES string of the molecule is COc1cc(/C=C/c2cc(O)c(CC=C(C)C)c(OC/C(=C/[NH2+]CCOCCOCCOCCCCCCCl)N=N)c2)cc2c1O[C@]1(C)C[C@@H](O)[C@@H](O)C(C)(C)C1C2. The van der Waals surface area contributed by atoms with Crippen LogP contribution in [0.4, 0.5) is 0 Å². The maximum Gasteiger partial charge on any atom is 0.165 e. The molecule has 0 aromatic heterocycles. The van der Waals surface area contributed by atoms with Crippen molar-refractivity contribution in [1.82, 2.24) is 0 Å². The van der Waals surface area contributed by atoms with Gasteiger partial charge in [-0.2, -0.15) is 5.11 Å². The minimum absolute atomic E-state index is 0.0341. The van der Waals surface area contributed by atoms with Gasteiger partial charge in [0.2, 0.25) is 0 Å². The molecule has 1 aliphatic heterocycles. The number of phenolic OH excluding ortho intramolecular Hbond substituents is 1. The van der Waals surface area contributed by atoms with Crippen LogP contribution in [0.5, 0.6) is 23.0 Å². The number of aliphatic hydroxyl groups is 2. The van der Waals surface area contributed by atoms with E-state index in [1.165, 1.54) is 0 Å². The first-order valence-corrected chi connectivity index (χ1v) is 21.1. The highest BCUT2D eigenvalue weighted by molar-refractivity contribution is 6.17. The third-order valence-electron chi connectivity index (χ3n) is 11.1. The second kappa shape index (κ2) is 23.3. The first-order valence-electron chi connectivity index (χ1n) is 20.6. The monoisotopic (exact) mass is 828 g/mol. The number of hydrogen-bond acceptors (Lipinski definition) is 11. The van der Waals surface area contributed by atoms with Gasteiger partial charge in [-0.05, 0) is 87.4 Å². The Labute approximate surface area is 350 Å². The summed E-state index contributed by atoms with van der Waals surface area (Å²) in [7, 11) is 1.61. The lowest BCUT2D eigenvalue weighted by Gasteiger charge is -2.56. The number of benzene rings is 2. The average molecular weight is 829 g/mol. The van der Waals surface area contributed by atoms with Gasteiger partial charge in [0.15, 0.2) is 17.2 Å². The lowest BCUT2D eigenvalue weighted by Crippen LogP contribution is -2.79. The Morgan fingerprint density at radius 3 is 2.26 bits per heavy atom. The zero-order valence-corrected chi connectivity index (χ0v) is 36.1. The number of nitrogens with two attached hydrogens (primary N) is 1. The molecule has 1 saturated carbocycles. The minimum atomic E-state index is -0.878. The van der Waals surface area contributed by atoms with Gasteiger partial charge in [-0.15, -0.1) is 11.6 Å². The Morgan fingerprint density at radius 2 is 1.59 bits per heavy atom. The number of ether oxygens (including phenoxy) is 6. The van der Waals surface area contributed by atoms with E-state index in [0.29, 0.717) is 87.4 Å². The normalized spacial score (nSPS) is 21.3. The van der Waals surface area contributed by atoms with Crippen LogP contribution < -0.4 is 19.5 Å². The minimum Gasteiger partial charge on any atom is -0.507 e. The smallest absolute Gasteiger partial charge is 0.165 e. The molecule has 2 aliphatic rings. The molecular weight excluding hydrogens is 762 g/mol. The molecular formula is C45H67ClN3O9+. The molecule has 13 heteroatoms. The number of methoxy groups -OCH3 is 1. The van der Waals surface area contributed by atoms with Crippen molar-refractivity contribution in [2.45, 2.75) is 97.4 Å². The van der Waals surface area contributed by atoms with Gasteiger partial charge in [0.1, 0.15) is 36.5 Å². The molecule has 322 valence electrons. The zero-order valence-electron chi connectivity index (χ0n) is 35.4. The number of fused-ring (bicyclic) bond motifs is 2. The molecule has 0 bridgehead atoms. The van der Waals surface area contributed by atoms with E-state index in [-0.39, 0.29) is 18.3 Å². The highest BCUT2D eigenvalue weighted by Gasteiger charge is 2.58. The van der Waals surface area contributed by atoms with E-state index in [1.807, 2.05) is 70.3 Å². The number of aromatic hydroxyl groups is 1. The summed E-state index contributed by atoms with van der Waals surface area (Å²) in [5.41, 5.74) is 11.3. The molecule has 1 heterocycles. The van der Waals surface area contributed by atoms with E-state index in [4.69, 9.17) is 45.6 Å². The van der Waals surface area contributed by atoms with Crippen molar-refractivity contribution in [2.75, 3.05) is 65.8 Å². The lowest BCUT2D eigenvalue weighted by molar-refractivity contribution is -0.590. The van der Waals surface area contributed by atoms with Gasteiger partial charge in [-0.1, -0.05) is 50.5 Å². The largest absolute Gasteiger partial charge is 0.507 e. The highest BCUT2D eigenvalue weighted by atomic mass is 35.5. The van der Waals surface area contributed by atoms with Crippen molar-refractivity contribution >= 4 is 23.8 Å². The Kier molecular flexibility index (Phi) is 19.0. The summed E-state index contributed by atoms with van der Waals surface area (Å²) in [6.07, 6.45) is 11.8. The second-order valence-electron chi connectivity index (χ2n) is 16.3. The predicted molar refractivity (Wildman–Crippen MR) is 227 cm³/mol. The van der Waals surface area contributed by atoms with E-state index in [1.54, 1.807) is 19.4 Å². The quantitative estimate of drug-likeness (QED) is 0.0229. The Bertz CT molecular complexity index is 1710. The molecule has 0 amide bonds. The van der Waals surface area contributed by atoms with Crippen LogP contribution >= 0.6 is 11.6 Å². The van der Waals surface area contributed by atoms with Crippen LogP contribution in [0.25, 0.3) is 12.2 Å². The first-order chi connectivity index (χ1) is 27.8. The van der Waals surface area contributed by atoms with Gasteiger partial charge in [0.25, 0.3) is 0 Å². The summed E-state index contributed by atoms with van der Waals surface area (Å²) in [5, 5.41) is 38.4. The van der Waals surface area contributed by atoms with E-state index in [9.17, 15) is 15.3 Å². The molecule has 58 heavy (non-hydrogen) atoms. The van der Waals surface area contributed by atoms with Crippen molar-refractivity contribution in [2.24, 2.45) is 16.4 Å². The number of alkyl halides is 1. The topological polar surface area (TPSA) is 169 Å². The summed E-state index contributed by atoms with van der Waals surface area (Å²) >= 11 is 5.70. The van der Waals surface area contributed by atoms with Crippen LogP contribution in [0, 0.1) is 16.9 Å². The fourth-order valence-corrected chi connectivity index (χ4v) is 8.01. The second-order valence-corrected chi connectivity index (χ2v) is 16.7. The molecule has 2 aromatic carbocycles. The first kappa shape index (κ1) is 47.2. The molecule has 1 aliphatic carbocycles. The number of quaternary nitrogens is 1. The van der Waals surface area contributed by atoms with Gasteiger partial charge in [0, 0.05) is 35.8 Å². The molecule has 1 unspecified atom stereocenters. The number of allylic oxidation sites excluding steroid dienone is 2. The van der Waals surface area contributed by atoms with Gasteiger partial charge >= 0.3 is 0 Å². The van der Waals surface area contributed by atoms with Crippen LogP contribution in [-0.2, 0) is 27.1 Å². The third kappa shape index (κ3) is 13.5. The van der Waals surface area contributed by atoms with Crippen LogP contribution in [0.1, 0.15) is 89.0 Å². The number of nitrogens with zero attached hydrogens (tertiary/aromatic N) is 1. The van der Waals surface area contributed by atoms with Crippen molar-refractivity contribution in [1.29, 1.82) is 5.53 Å². The fourth-order valence-electron chi connectivity index (χ4n) is 7.82. The van der Waals surface area contributed by atoms with Crippen LogP contribution in [0.15, 0.2) is 52.9 Å². The summed E-state index contributed by atoms with van der Waals surface area (Å²) in [4.78, 5) is 0. The lowest BCUT2D eigenvalue weighted by atomic mass is 9.57. The number of nitrogens with one attached hydrogen (secondary N) is 1. The van der Waals surface area contributed by atoms with Crippen LogP contribution in [-0.4, -0.2) is 98.9 Å². The van der Waals surface area contributed by atoms with Crippen molar-refractivity contribution in [3.8, 4) is 23.0 Å². The van der Waals surface area contributed by atoms with Gasteiger partial charge < -0.3 is 49.1 Å². The van der Waals surface area contributed by atoms with Crippen molar-refractivity contribution < 1.29 is 49.1 Å². The van der Waals surface area contributed by atoms with Crippen LogP contribution in [0.2, 0.25) is 0 Å². The molecule has 6 N–H and O–H groups in total. The van der Waals surface area contributed by atoms with Crippen molar-refractivity contribution in [3.63, 3.8) is 0 Å². The van der Waals surface area contributed by atoms with Crippen LogP contribution in [0.3, 0.4) is 0 Å². The molecule has 0 spiro atoms. The summed E-state index contributed by atoms with van der Waals surface area (Å²) < 4.78 is 35.5. The molecule has 0 radical (unpaired) electrons. The highest BCUT2D eigenvalue weighted by Crippen LogP contribution is 2.55. The van der Waals surface area contributed by atoms with E-state index in [0.717, 1.165) is 60.4 Å². The van der Waals surface area contributed by atoms with Gasteiger partial charge in [0.05, 0.1) is 52.4 Å². The maximum absolute atomic E-state index is 11.2. The third-order valence-corrected chi connectivity index (χ3v) is 11.3. The maximum atomic E-state index is 11.2. The molecule has 0 saturated heterocycles. The number of aliphatic hydroxyl groups excluding tert-OH is 2. The summed E-state index contributed by atoms with van der Waals surface area (Å²) in [6, 6.07) is 7.57. The van der Waals surface area contributed by atoms with E-state index in [2.05, 4.69) is 11.2 Å². The zero-order chi connectivity index (χ0) is 42.1. The Balaban J connectivity index is 1.35. The summed E-state index contributed by atoms with van der Waals surface area (Å²) in [5.74, 6) is 2.54. The average Bonchev–Trinajstić information content (AvgIpc) is 3.19. The Morgan fingerprint density at radius 1 is 0.931 bits per heavy atom. The molecule has 4 rings (SSSR count). The Hall–Kier alpha value is -3.49. The number of unbranched alkanes of at least 4 members (excludes halogenated alkanes) is 3. The molecule has 4 atom stereocenters. The van der Waals surface area contributed by atoms with Crippen molar-refractivity contribution in [3.05, 3.63) is 70.1 Å². The predicted octanol–water partition coefficient (Wildman–Crippen LogP) is 7.20. The fraction of sp³-hybridized carbons (Fsp3) is 0.600. The number of rotatable bonds is 25. The molecule has 2 aromatic rings. The molecule has 1 fully saturated rings. The standard InChI is InChI=1S/C45H66ClN3O9/c1-31(2)11-14-36-37(50)24-33(13-12-32-23-34-27-41-44(3,4)43(52)38(51)28-45(41,5)58-42(34)40(26-32)53-6)25-39(36)57-30-35(49-47)29-48-16-18-55-20-22-56-21-19-54-17-10-8-7-9-15-46/h11-13,23-26,29,38,41,43,47-48,50-52H,7-10,14-22,27-28,30H2,1-6H3/p+1/b13-12+,35-29-,49-47?/t38-,41?,43-,45-/m1/s1. The van der Waals surface area contributed by atoms with Gasteiger partial charge in [-0.3, -0.25) is 0 Å².